The summed E-state index contributed by atoms with van der Waals surface area (Å²) in [6.45, 7) is 2.83. The Morgan fingerprint density at radius 2 is 1.79 bits per heavy atom. The van der Waals surface area contributed by atoms with Crippen molar-refractivity contribution in [1.82, 2.24) is 4.90 Å². The molecule has 6 heteroatoms. The number of carbonyl (C=O) groups excluding carboxylic acids is 1. The average molecular weight is 340 g/mol. The van der Waals surface area contributed by atoms with Crippen LogP contribution >= 0.6 is 0 Å². The third-order valence-electron chi connectivity index (χ3n) is 4.79. The summed E-state index contributed by atoms with van der Waals surface area (Å²) in [5.41, 5.74) is -0.528. The van der Waals surface area contributed by atoms with E-state index in [1.54, 1.807) is 0 Å². The van der Waals surface area contributed by atoms with E-state index in [1.165, 1.54) is 12.1 Å². The van der Waals surface area contributed by atoms with Crippen molar-refractivity contribution in [1.29, 1.82) is 0 Å². The van der Waals surface area contributed by atoms with E-state index in [4.69, 9.17) is 4.99 Å². The molecule has 0 bridgehead atoms. The molecule has 1 aromatic carbocycles. The summed E-state index contributed by atoms with van der Waals surface area (Å²) in [5, 5.41) is 0. The first-order valence-corrected chi connectivity index (χ1v) is 8.26. The van der Waals surface area contributed by atoms with Gasteiger partial charge in [-0.1, -0.05) is 25.5 Å². The van der Waals surface area contributed by atoms with Crippen LogP contribution in [0.5, 0.6) is 0 Å². The Hall–Kier alpha value is -1.69. The number of hydrogen-bond acceptors (Lipinski definition) is 3. The van der Waals surface area contributed by atoms with Gasteiger partial charge in [0.15, 0.2) is 6.29 Å². The van der Waals surface area contributed by atoms with Crippen LogP contribution in [-0.2, 0) is 11.0 Å². The van der Waals surface area contributed by atoms with Crippen molar-refractivity contribution in [3.8, 4) is 0 Å². The molecule has 3 nitrogen and oxygen atoms in total. The first-order chi connectivity index (χ1) is 11.3. The summed E-state index contributed by atoms with van der Waals surface area (Å²) in [4.78, 5) is 18.4. The molecule has 1 aliphatic rings. The molecular weight excluding hydrogens is 317 g/mol. The maximum atomic E-state index is 12.7. The normalized spacial score (nSPS) is 18.7. The molecule has 24 heavy (non-hydrogen) atoms. The van der Waals surface area contributed by atoms with Gasteiger partial charge >= 0.3 is 6.18 Å². The number of carbonyl (C=O) groups is 1. The van der Waals surface area contributed by atoms with Crippen LogP contribution in [0.1, 0.15) is 50.2 Å². The summed E-state index contributed by atoms with van der Waals surface area (Å²) < 4.78 is 38.0. The van der Waals surface area contributed by atoms with Gasteiger partial charge in [0.25, 0.3) is 0 Å². The van der Waals surface area contributed by atoms with Gasteiger partial charge in [-0.3, -0.25) is 14.7 Å². The van der Waals surface area contributed by atoms with Crippen LogP contribution in [0.4, 0.5) is 13.2 Å². The van der Waals surface area contributed by atoms with E-state index in [2.05, 4.69) is 4.90 Å². The standard InChI is InChI=1S/C18H23F3N2O/c1-3-23(2)17(11-5-4-6-12-17)22-16(13-24)14-7-9-15(10-8-14)18(19,20)21/h7-10,13H,3-6,11-12H2,1-2H3/b22-16+. The average Bonchev–Trinajstić information content (AvgIpc) is 2.59. The lowest BCUT2D eigenvalue weighted by Crippen LogP contribution is -2.47. The highest BCUT2D eigenvalue weighted by Gasteiger charge is 2.35. The van der Waals surface area contributed by atoms with E-state index in [9.17, 15) is 18.0 Å². The van der Waals surface area contributed by atoms with Crippen molar-refractivity contribution >= 4 is 12.0 Å². The first-order valence-electron chi connectivity index (χ1n) is 8.26. The fourth-order valence-electron chi connectivity index (χ4n) is 3.20. The van der Waals surface area contributed by atoms with E-state index in [0.717, 1.165) is 50.8 Å². The molecule has 132 valence electrons. The largest absolute Gasteiger partial charge is 0.416 e. The summed E-state index contributed by atoms with van der Waals surface area (Å²) in [7, 11) is 1.98. The van der Waals surface area contributed by atoms with Crippen LogP contribution in [-0.4, -0.2) is 36.2 Å². The van der Waals surface area contributed by atoms with Crippen molar-refractivity contribution in [2.45, 2.75) is 50.9 Å². The maximum absolute atomic E-state index is 12.7. The minimum Gasteiger partial charge on any atom is -0.296 e. The Bertz CT molecular complexity index is 587. The number of halogens is 3. The fraction of sp³-hybridized carbons (Fsp3) is 0.556. The molecule has 2 rings (SSSR count). The monoisotopic (exact) mass is 340 g/mol. The highest BCUT2D eigenvalue weighted by atomic mass is 19.4. The second-order valence-corrected chi connectivity index (χ2v) is 6.25. The van der Waals surface area contributed by atoms with E-state index in [0.29, 0.717) is 11.8 Å². The number of benzene rings is 1. The smallest absolute Gasteiger partial charge is 0.296 e. The second-order valence-electron chi connectivity index (χ2n) is 6.25. The molecule has 0 N–H and O–H groups in total. The molecule has 1 aliphatic carbocycles. The van der Waals surface area contributed by atoms with Gasteiger partial charge in [-0.15, -0.1) is 0 Å². The third-order valence-corrected chi connectivity index (χ3v) is 4.79. The number of hydrogen-bond donors (Lipinski definition) is 0. The molecule has 1 fully saturated rings. The quantitative estimate of drug-likeness (QED) is 0.591. The second kappa shape index (κ2) is 7.47. The molecule has 0 aliphatic heterocycles. The van der Waals surface area contributed by atoms with Gasteiger partial charge < -0.3 is 0 Å². The number of rotatable bonds is 5. The molecule has 1 saturated carbocycles. The van der Waals surface area contributed by atoms with E-state index in [1.807, 2.05) is 14.0 Å². The lowest BCUT2D eigenvalue weighted by atomic mass is 9.87. The van der Waals surface area contributed by atoms with Crippen molar-refractivity contribution < 1.29 is 18.0 Å². The molecule has 0 unspecified atom stereocenters. The molecule has 0 aromatic heterocycles. The van der Waals surface area contributed by atoms with Gasteiger partial charge in [-0.2, -0.15) is 13.2 Å². The Morgan fingerprint density at radius 1 is 1.21 bits per heavy atom. The van der Waals surface area contributed by atoms with Gasteiger partial charge in [-0.05, 0) is 51.4 Å². The van der Waals surface area contributed by atoms with Gasteiger partial charge in [0.05, 0.1) is 5.56 Å². The molecule has 0 heterocycles. The van der Waals surface area contributed by atoms with Crippen LogP contribution in [0.15, 0.2) is 29.3 Å². The van der Waals surface area contributed by atoms with Crippen LogP contribution in [0, 0.1) is 0 Å². The van der Waals surface area contributed by atoms with Gasteiger partial charge in [0.2, 0.25) is 0 Å². The van der Waals surface area contributed by atoms with E-state index < -0.39 is 17.4 Å². The Kier molecular flexibility index (Phi) is 5.80. The number of nitrogens with zero attached hydrogens (tertiary/aromatic N) is 2. The lowest BCUT2D eigenvalue weighted by molar-refractivity contribution is -0.137. The highest BCUT2D eigenvalue weighted by molar-refractivity contribution is 6.36. The molecule has 1 aromatic rings. The highest BCUT2D eigenvalue weighted by Crippen LogP contribution is 2.35. The number of aliphatic imine (C=N–C) groups is 1. The van der Waals surface area contributed by atoms with Crippen molar-refractivity contribution in [3.63, 3.8) is 0 Å². The molecule has 0 amide bonds. The van der Waals surface area contributed by atoms with Crippen LogP contribution in [0.25, 0.3) is 0 Å². The Morgan fingerprint density at radius 3 is 2.25 bits per heavy atom. The van der Waals surface area contributed by atoms with Gasteiger partial charge in [0.1, 0.15) is 11.4 Å². The van der Waals surface area contributed by atoms with Crippen LogP contribution in [0.3, 0.4) is 0 Å². The Labute approximate surface area is 140 Å². The van der Waals surface area contributed by atoms with Crippen molar-refractivity contribution in [3.05, 3.63) is 35.4 Å². The zero-order valence-electron chi connectivity index (χ0n) is 14.1. The lowest BCUT2D eigenvalue weighted by Gasteiger charge is -2.41. The zero-order chi connectivity index (χ0) is 17.8. The fourth-order valence-corrected chi connectivity index (χ4v) is 3.20. The van der Waals surface area contributed by atoms with Crippen LogP contribution in [0.2, 0.25) is 0 Å². The zero-order valence-corrected chi connectivity index (χ0v) is 14.1. The van der Waals surface area contributed by atoms with Gasteiger partial charge in [-0.25, -0.2) is 0 Å². The summed E-state index contributed by atoms with van der Waals surface area (Å²) in [6.07, 6.45) is 1.18. The summed E-state index contributed by atoms with van der Waals surface area (Å²) >= 11 is 0. The SMILES string of the molecule is CCN(C)C1(/N=C(\C=O)c2ccc(C(F)(F)F)cc2)CCCCC1. The first kappa shape index (κ1) is 18.6. The molecular formula is C18H23F3N2O. The predicted molar refractivity (Wildman–Crippen MR) is 88.2 cm³/mol. The Balaban J connectivity index is 2.37. The minimum absolute atomic E-state index is 0.214. The maximum Gasteiger partial charge on any atom is 0.416 e. The van der Waals surface area contributed by atoms with Crippen LogP contribution < -0.4 is 0 Å². The topological polar surface area (TPSA) is 32.7 Å². The number of alkyl halides is 3. The third kappa shape index (κ3) is 4.04. The number of aldehydes is 1. The summed E-state index contributed by atoms with van der Waals surface area (Å²) in [5.74, 6) is 0. The van der Waals surface area contributed by atoms with Gasteiger partial charge in [0, 0.05) is 5.56 Å². The molecule has 0 saturated heterocycles. The minimum atomic E-state index is -4.38. The molecule has 0 atom stereocenters. The summed E-state index contributed by atoms with van der Waals surface area (Å²) in [6, 6.07) is 4.62. The van der Waals surface area contributed by atoms with E-state index in [-0.39, 0.29) is 5.71 Å². The predicted octanol–water partition coefficient (Wildman–Crippen LogP) is 4.31. The molecule has 0 radical (unpaired) electrons. The van der Waals surface area contributed by atoms with E-state index >= 15 is 0 Å². The molecule has 0 spiro atoms. The van der Waals surface area contributed by atoms with Crippen molar-refractivity contribution in [2.75, 3.05) is 13.6 Å². The van der Waals surface area contributed by atoms with Crippen molar-refractivity contribution in [2.24, 2.45) is 4.99 Å².